The van der Waals surface area contributed by atoms with Crippen molar-refractivity contribution in [3.8, 4) is 16.1 Å². The highest BCUT2D eigenvalue weighted by atomic mass is 32.1. The van der Waals surface area contributed by atoms with Crippen LogP contribution >= 0.6 is 11.3 Å². The molecule has 0 saturated heterocycles. The summed E-state index contributed by atoms with van der Waals surface area (Å²) in [6, 6.07) is 22.9. The van der Waals surface area contributed by atoms with Crippen molar-refractivity contribution in [3.05, 3.63) is 94.1 Å². The molecule has 2 aromatic heterocycles. The summed E-state index contributed by atoms with van der Waals surface area (Å²) >= 11 is 1.60. The number of benzene rings is 2. The van der Waals surface area contributed by atoms with E-state index in [2.05, 4.69) is 66.3 Å². The fourth-order valence-corrected chi connectivity index (χ4v) is 5.70. The van der Waals surface area contributed by atoms with Crippen molar-refractivity contribution in [1.82, 2.24) is 15.1 Å². The van der Waals surface area contributed by atoms with Crippen LogP contribution < -0.4 is 5.32 Å². The summed E-state index contributed by atoms with van der Waals surface area (Å²) in [5.41, 5.74) is 7.12. The quantitative estimate of drug-likeness (QED) is 0.414. The Bertz CT molecular complexity index is 1240. The lowest BCUT2D eigenvalue weighted by Gasteiger charge is -2.14. The van der Waals surface area contributed by atoms with Gasteiger partial charge in [-0.05, 0) is 68.9 Å². The highest BCUT2D eigenvalue weighted by Crippen LogP contribution is 2.42. The molecule has 5 rings (SSSR count). The van der Waals surface area contributed by atoms with Crippen LogP contribution in [0, 0.1) is 6.92 Å². The Hall–Kier alpha value is -3.18. The van der Waals surface area contributed by atoms with Gasteiger partial charge in [-0.25, -0.2) is 4.68 Å². The van der Waals surface area contributed by atoms with Gasteiger partial charge in [-0.15, -0.1) is 11.3 Å². The number of fused-ring (bicyclic) bond motifs is 3. The van der Waals surface area contributed by atoms with Crippen LogP contribution in [0.4, 0.5) is 0 Å². The van der Waals surface area contributed by atoms with Crippen molar-refractivity contribution >= 4 is 17.2 Å². The Morgan fingerprint density at radius 1 is 1.09 bits per heavy atom. The van der Waals surface area contributed by atoms with E-state index in [0.29, 0.717) is 0 Å². The molecule has 4 nitrogen and oxygen atoms in total. The third-order valence-corrected chi connectivity index (χ3v) is 7.33. The summed E-state index contributed by atoms with van der Waals surface area (Å²) in [6.07, 6.45) is 3.76. The molecule has 0 aliphatic heterocycles. The first kappa shape index (κ1) is 20.7. The molecule has 0 radical (unpaired) electrons. The van der Waals surface area contributed by atoms with Gasteiger partial charge in [0.1, 0.15) is 0 Å². The van der Waals surface area contributed by atoms with E-state index >= 15 is 0 Å². The van der Waals surface area contributed by atoms with E-state index in [-0.39, 0.29) is 11.9 Å². The highest BCUT2D eigenvalue weighted by molar-refractivity contribution is 7.17. The van der Waals surface area contributed by atoms with E-state index in [9.17, 15) is 4.79 Å². The van der Waals surface area contributed by atoms with Gasteiger partial charge >= 0.3 is 0 Å². The zero-order valence-corrected chi connectivity index (χ0v) is 19.3. The first-order valence-electron chi connectivity index (χ1n) is 11.2. The molecule has 1 N–H and O–H groups in total. The molecule has 5 heteroatoms. The second-order valence-corrected chi connectivity index (χ2v) is 9.57. The van der Waals surface area contributed by atoms with Crippen LogP contribution in [0.15, 0.2) is 66.7 Å². The smallest absolute Gasteiger partial charge is 0.261 e. The van der Waals surface area contributed by atoms with Gasteiger partial charge in [0.25, 0.3) is 5.91 Å². The van der Waals surface area contributed by atoms with Gasteiger partial charge in [0, 0.05) is 16.5 Å². The Morgan fingerprint density at radius 2 is 1.81 bits per heavy atom. The summed E-state index contributed by atoms with van der Waals surface area (Å²) < 4.78 is 2.07. The number of thiophene rings is 1. The average molecular weight is 442 g/mol. The van der Waals surface area contributed by atoms with Crippen LogP contribution in [0.5, 0.6) is 0 Å². The molecule has 0 fully saturated rings. The molecule has 2 aromatic carbocycles. The van der Waals surface area contributed by atoms with Gasteiger partial charge in [-0.3, -0.25) is 4.79 Å². The number of amides is 1. The third-order valence-electron chi connectivity index (χ3n) is 6.13. The van der Waals surface area contributed by atoms with Crippen LogP contribution in [0.1, 0.15) is 45.5 Å². The van der Waals surface area contributed by atoms with Crippen molar-refractivity contribution in [2.24, 2.45) is 0 Å². The standard InChI is InChI=1S/C27H27N3OS/c1-18(13-14-20-9-5-3-6-10-20)28-27(31)24-17-21-15-16-23-25(26(21)32-24)19(2)29-30(23)22-11-7-4-8-12-22/h3-12,17-18H,13-16H2,1-2H3,(H,28,31)/t18-/m1/s1. The number of rotatable bonds is 6. The summed E-state index contributed by atoms with van der Waals surface area (Å²) in [5.74, 6) is 0.0274. The van der Waals surface area contributed by atoms with Gasteiger partial charge in [0.05, 0.1) is 22.0 Å². The molecular weight excluding hydrogens is 414 g/mol. The maximum Gasteiger partial charge on any atom is 0.261 e. The van der Waals surface area contributed by atoms with E-state index in [1.165, 1.54) is 27.3 Å². The summed E-state index contributed by atoms with van der Waals surface area (Å²) in [4.78, 5) is 15.0. The van der Waals surface area contributed by atoms with E-state index in [0.717, 1.165) is 41.9 Å². The minimum Gasteiger partial charge on any atom is -0.349 e. The van der Waals surface area contributed by atoms with Crippen LogP contribution in [0.3, 0.4) is 0 Å². The van der Waals surface area contributed by atoms with E-state index in [4.69, 9.17) is 5.10 Å². The van der Waals surface area contributed by atoms with Crippen molar-refractivity contribution in [1.29, 1.82) is 0 Å². The number of carbonyl (C=O) groups excluding carboxylic acids is 1. The van der Waals surface area contributed by atoms with Gasteiger partial charge in [0.15, 0.2) is 0 Å². The number of nitrogens with one attached hydrogen (secondary N) is 1. The lowest BCUT2D eigenvalue weighted by atomic mass is 9.95. The maximum atomic E-state index is 13.0. The molecule has 0 spiro atoms. The van der Waals surface area contributed by atoms with E-state index in [1.807, 2.05) is 24.3 Å². The molecule has 4 aromatic rings. The summed E-state index contributed by atoms with van der Waals surface area (Å²) in [7, 11) is 0. The molecule has 2 heterocycles. The number of aryl methyl sites for hydroxylation is 3. The summed E-state index contributed by atoms with van der Waals surface area (Å²) in [5, 5.41) is 8.04. The van der Waals surface area contributed by atoms with Gasteiger partial charge in [-0.2, -0.15) is 5.10 Å². The van der Waals surface area contributed by atoms with Crippen LogP contribution in [-0.2, 0) is 19.3 Å². The van der Waals surface area contributed by atoms with Crippen molar-refractivity contribution in [2.75, 3.05) is 0 Å². The zero-order chi connectivity index (χ0) is 22.1. The van der Waals surface area contributed by atoms with Crippen LogP contribution in [-0.4, -0.2) is 21.7 Å². The molecule has 1 aliphatic rings. The van der Waals surface area contributed by atoms with E-state index < -0.39 is 0 Å². The third kappa shape index (κ3) is 4.00. The SMILES string of the molecule is Cc1nn(-c2ccccc2)c2c1-c1sc(C(=O)N[C@H](C)CCc3ccccc3)cc1CC2. The van der Waals surface area contributed by atoms with Gasteiger partial charge < -0.3 is 5.32 Å². The number of para-hydroxylation sites is 1. The van der Waals surface area contributed by atoms with Crippen molar-refractivity contribution in [3.63, 3.8) is 0 Å². The van der Waals surface area contributed by atoms with Gasteiger partial charge in [0.2, 0.25) is 0 Å². The number of carbonyl (C=O) groups is 1. The predicted molar refractivity (Wildman–Crippen MR) is 131 cm³/mol. The summed E-state index contributed by atoms with van der Waals surface area (Å²) in [6.45, 7) is 4.15. The minimum absolute atomic E-state index is 0.0274. The Balaban J connectivity index is 1.34. The van der Waals surface area contributed by atoms with Gasteiger partial charge in [-0.1, -0.05) is 48.5 Å². The lowest BCUT2D eigenvalue weighted by Crippen LogP contribution is -2.32. The Labute approximate surface area is 192 Å². The van der Waals surface area contributed by atoms with Crippen LogP contribution in [0.2, 0.25) is 0 Å². The molecule has 32 heavy (non-hydrogen) atoms. The lowest BCUT2D eigenvalue weighted by molar-refractivity contribution is 0.0942. The predicted octanol–water partition coefficient (Wildman–Crippen LogP) is 5.76. The monoisotopic (exact) mass is 441 g/mol. The molecule has 1 aliphatic carbocycles. The molecule has 1 amide bonds. The second kappa shape index (κ2) is 8.75. The highest BCUT2D eigenvalue weighted by Gasteiger charge is 2.27. The first-order chi connectivity index (χ1) is 15.6. The molecule has 1 atom stereocenters. The normalized spacial score (nSPS) is 13.3. The van der Waals surface area contributed by atoms with Crippen LogP contribution in [0.25, 0.3) is 16.1 Å². The largest absolute Gasteiger partial charge is 0.349 e. The maximum absolute atomic E-state index is 13.0. The molecule has 162 valence electrons. The average Bonchev–Trinajstić information content (AvgIpc) is 3.40. The Kier molecular flexibility index (Phi) is 5.66. The molecule has 0 unspecified atom stereocenters. The molecule has 0 bridgehead atoms. The fraction of sp³-hybridized carbons (Fsp3) is 0.259. The Morgan fingerprint density at radius 3 is 2.56 bits per heavy atom. The molecule has 0 saturated carbocycles. The fourth-order valence-electron chi connectivity index (χ4n) is 4.47. The topological polar surface area (TPSA) is 46.9 Å². The zero-order valence-electron chi connectivity index (χ0n) is 18.5. The minimum atomic E-state index is 0.0274. The van der Waals surface area contributed by atoms with Crippen molar-refractivity contribution < 1.29 is 4.79 Å². The second-order valence-electron chi connectivity index (χ2n) is 8.52. The number of aromatic nitrogens is 2. The number of hydrogen-bond acceptors (Lipinski definition) is 3. The van der Waals surface area contributed by atoms with E-state index in [1.54, 1.807) is 11.3 Å². The number of nitrogens with zero attached hydrogens (tertiary/aromatic N) is 2. The van der Waals surface area contributed by atoms with Crippen molar-refractivity contribution in [2.45, 2.75) is 45.6 Å². The first-order valence-corrected chi connectivity index (χ1v) is 12.0. The molecular formula is C27H27N3OS. The number of hydrogen-bond donors (Lipinski definition) is 1.